The van der Waals surface area contributed by atoms with Gasteiger partial charge in [-0.25, -0.2) is 4.39 Å². The first-order valence-electron chi connectivity index (χ1n) is 5.44. The Morgan fingerprint density at radius 1 is 1.50 bits per heavy atom. The molecule has 16 heavy (non-hydrogen) atoms. The molecule has 0 amide bonds. The second-order valence-corrected chi connectivity index (χ2v) is 4.54. The van der Waals surface area contributed by atoms with Crippen LogP contribution in [0.2, 0.25) is 0 Å². The molecule has 1 N–H and O–H groups in total. The van der Waals surface area contributed by atoms with Gasteiger partial charge >= 0.3 is 0 Å². The number of hydrogen-bond acceptors (Lipinski definition) is 2. The summed E-state index contributed by atoms with van der Waals surface area (Å²) in [5, 5.41) is 3.32. The highest BCUT2D eigenvalue weighted by atomic mass is 79.9. The van der Waals surface area contributed by atoms with Crippen LogP contribution in [-0.2, 0) is 0 Å². The van der Waals surface area contributed by atoms with Gasteiger partial charge in [0.05, 0.1) is 4.47 Å². The summed E-state index contributed by atoms with van der Waals surface area (Å²) < 4.78 is 18.9. The van der Waals surface area contributed by atoms with Crippen molar-refractivity contribution in [1.29, 1.82) is 0 Å². The second-order valence-electron chi connectivity index (χ2n) is 3.69. The Morgan fingerprint density at radius 3 is 2.88 bits per heavy atom. The molecule has 0 aliphatic rings. The Labute approximate surface area is 104 Å². The first kappa shape index (κ1) is 13.5. The standard InChI is InChI=1S/C12H17BrFNO/c1-3-9(2)15-6-7-16-12-5-4-10(14)8-11(12)13/h4-5,8-9,15H,3,6-7H2,1-2H3. The van der Waals surface area contributed by atoms with E-state index in [-0.39, 0.29) is 5.82 Å². The largest absolute Gasteiger partial charge is 0.491 e. The molecule has 1 aromatic rings. The van der Waals surface area contributed by atoms with Crippen molar-refractivity contribution in [3.05, 3.63) is 28.5 Å². The lowest BCUT2D eigenvalue weighted by molar-refractivity contribution is 0.304. The van der Waals surface area contributed by atoms with Gasteiger partial charge in [-0.1, -0.05) is 6.92 Å². The molecule has 0 aromatic heterocycles. The molecule has 0 bridgehead atoms. The normalized spacial score (nSPS) is 12.5. The van der Waals surface area contributed by atoms with Gasteiger partial charge in [0.15, 0.2) is 0 Å². The number of hydrogen-bond donors (Lipinski definition) is 1. The van der Waals surface area contributed by atoms with Crippen molar-refractivity contribution < 1.29 is 9.13 Å². The maximum absolute atomic E-state index is 12.8. The topological polar surface area (TPSA) is 21.3 Å². The van der Waals surface area contributed by atoms with Crippen molar-refractivity contribution in [3.8, 4) is 5.75 Å². The average molecular weight is 290 g/mol. The van der Waals surface area contributed by atoms with Gasteiger partial charge in [-0.2, -0.15) is 0 Å². The van der Waals surface area contributed by atoms with Gasteiger partial charge in [-0.3, -0.25) is 0 Å². The highest BCUT2D eigenvalue weighted by Gasteiger charge is 2.02. The summed E-state index contributed by atoms with van der Waals surface area (Å²) in [6.07, 6.45) is 1.10. The van der Waals surface area contributed by atoms with Crippen molar-refractivity contribution in [2.24, 2.45) is 0 Å². The number of rotatable bonds is 6. The van der Waals surface area contributed by atoms with Crippen molar-refractivity contribution in [1.82, 2.24) is 5.32 Å². The molecular weight excluding hydrogens is 273 g/mol. The number of nitrogens with one attached hydrogen (secondary N) is 1. The van der Waals surface area contributed by atoms with Gasteiger partial charge in [0.1, 0.15) is 18.2 Å². The summed E-state index contributed by atoms with van der Waals surface area (Å²) in [4.78, 5) is 0. The molecule has 0 saturated carbocycles. The highest BCUT2D eigenvalue weighted by molar-refractivity contribution is 9.10. The predicted octanol–water partition coefficient (Wildman–Crippen LogP) is 3.36. The maximum Gasteiger partial charge on any atom is 0.133 e. The van der Waals surface area contributed by atoms with Crippen molar-refractivity contribution in [3.63, 3.8) is 0 Å². The molecule has 0 heterocycles. The molecule has 4 heteroatoms. The third-order valence-corrected chi connectivity index (χ3v) is 2.98. The third kappa shape index (κ3) is 4.49. The predicted molar refractivity (Wildman–Crippen MR) is 67.4 cm³/mol. The van der Waals surface area contributed by atoms with E-state index >= 15 is 0 Å². The first-order chi connectivity index (χ1) is 7.63. The molecule has 1 atom stereocenters. The Hall–Kier alpha value is -0.610. The second kappa shape index (κ2) is 6.86. The van der Waals surface area contributed by atoms with Crippen molar-refractivity contribution in [2.45, 2.75) is 26.3 Å². The number of benzene rings is 1. The lowest BCUT2D eigenvalue weighted by atomic mass is 10.3. The molecule has 0 radical (unpaired) electrons. The van der Waals surface area contributed by atoms with Gasteiger partial charge in [0.25, 0.3) is 0 Å². The van der Waals surface area contributed by atoms with E-state index in [4.69, 9.17) is 4.74 Å². The Balaban J connectivity index is 2.32. The van der Waals surface area contributed by atoms with E-state index in [2.05, 4.69) is 35.1 Å². The maximum atomic E-state index is 12.8. The Bertz CT molecular complexity index is 333. The smallest absolute Gasteiger partial charge is 0.133 e. The summed E-state index contributed by atoms with van der Waals surface area (Å²) in [6.45, 7) is 5.64. The quantitative estimate of drug-likeness (QED) is 0.811. The molecule has 0 aliphatic heterocycles. The van der Waals surface area contributed by atoms with Gasteiger partial charge in [0, 0.05) is 12.6 Å². The SMILES string of the molecule is CCC(C)NCCOc1ccc(F)cc1Br. The minimum Gasteiger partial charge on any atom is -0.491 e. The lowest BCUT2D eigenvalue weighted by Gasteiger charge is -2.12. The van der Waals surface area contributed by atoms with Crippen LogP contribution in [0, 0.1) is 5.82 Å². The van der Waals surface area contributed by atoms with E-state index in [9.17, 15) is 4.39 Å². The minimum atomic E-state index is -0.267. The summed E-state index contributed by atoms with van der Waals surface area (Å²) in [5.74, 6) is 0.407. The van der Waals surface area contributed by atoms with Crippen LogP contribution in [-0.4, -0.2) is 19.2 Å². The Kier molecular flexibility index (Phi) is 5.77. The van der Waals surface area contributed by atoms with E-state index in [1.54, 1.807) is 6.07 Å². The van der Waals surface area contributed by atoms with Crippen LogP contribution < -0.4 is 10.1 Å². The fourth-order valence-corrected chi connectivity index (χ4v) is 1.67. The Morgan fingerprint density at radius 2 is 2.25 bits per heavy atom. The fourth-order valence-electron chi connectivity index (χ4n) is 1.20. The van der Waals surface area contributed by atoms with Crippen LogP contribution in [0.3, 0.4) is 0 Å². The summed E-state index contributed by atoms with van der Waals surface area (Å²) >= 11 is 3.26. The van der Waals surface area contributed by atoms with E-state index in [0.29, 0.717) is 22.9 Å². The molecule has 1 unspecified atom stereocenters. The molecule has 0 spiro atoms. The first-order valence-corrected chi connectivity index (χ1v) is 6.24. The zero-order valence-electron chi connectivity index (χ0n) is 9.59. The van der Waals surface area contributed by atoms with Crippen molar-refractivity contribution >= 4 is 15.9 Å². The monoisotopic (exact) mass is 289 g/mol. The molecule has 0 saturated heterocycles. The zero-order chi connectivity index (χ0) is 12.0. The molecule has 1 aromatic carbocycles. The van der Waals surface area contributed by atoms with Crippen LogP contribution >= 0.6 is 15.9 Å². The fraction of sp³-hybridized carbons (Fsp3) is 0.500. The molecule has 1 rings (SSSR count). The third-order valence-electron chi connectivity index (χ3n) is 2.36. The van der Waals surface area contributed by atoms with E-state index in [1.165, 1.54) is 12.1 Å². The summed E-state index contributed by atoms with van der Waals surface area (Å²) in [7, 11) is 0. The van der Waals surface area contributed by atoms with Crippen LogP contribution in [0.4, 0.5) is 4.39 Å². The zero-order valence-corrected chi connectivity index (χ0v) is 11.2. The average Bonchev–Trinajstić information content (AvgIpc) is 2.26. The van der Waals surface area contributed by atoms with Crippen LogP contribution in [0.1, 0.15) is 20.3 Å². The summed E-state index contributed by atoms with van der Waals surface area (Å²) in [6, 6.07) is 4.92. The molecule has 2 nitrogen and oxygen atoms in total. The molecular formula is C12H17BrFNO. The molecule has 0 fully saturated rings. The highest BCUT2D eigenvalue weighted by Crippen LogP contribution is 2.25. The summed E-state index contributed by atoms with van der Waals surface area (Å²) in [5.41, 5.74) is 0. The van der Waals surface area contributed by atoms with Gasteiger partial charge < -0.3 is 10.1 Å². The molecule has 0 aliphatic carbocycles. The molecule has 90 valence electrons. The van der Waals surface area contributed by atoms with Crippen LogP contribution in [0.25, 0.3) is 0 Å². The van der Waals surface area contributed by atoms with E-state index in [0.717, 1.165) is 13.0 Å². The minimum absolute atomic E-state index is 0.267. The van der Waals surface area contributed by atoms with E-state index < -0.39 is 0 Å². The van der Waals surface area contributed by atoms with Gasteiger partial charge in [-0.05, 0) is 47.5 Å². The lowest BCUT2D eigenvalue weighted by Crippen LogP contribution is -2.29. The van der Waals surface area contributed by atoms with Gasteiger partial charge in [0.2, 0.25) is 0 Å². The number of ether oxygens (including phenoxy) is 1. The van der Waals surface area contributed by atoms with Crippen LogP contribution in [0.15, 0.2) is 22.7 Å². The van der Waals surface area contributed by atoms with Crippen molar-refractivity contribution in [2.75, 3.05) is 13.2 Å². The van der Waals surface area contributed by atoms with Crippen LogP contribution in [0.5, 0.6) is 5.75 Å². The van der Waals surface area contributed by atoms with E-state index in [1.807, 2.05) is 0 Å². The van der Waals surface area contributed by atoms with Gasteiger partial charge in [-0.15, -0.1) is 0 Å². The number of halogens is 2.